The van der Waals surface area contributed by atoms with Crippen molar-refractivity contribution in [2.45, 2.75) is 25.3 Å². The monoisotopic (exact) mass is 332 g/mol. The zero-order valence-corrected chi connectivity index (χ0v) is 13.4. The number of carbonyl (C=O) groups excluding carboxylic acids is 2. The second-order valence-electron chi connectivity index (χ2n) is 6.26. The van der Waals surface area contributed by atoms with Gasteiger partial charge >= 0.3 is 5.97 Å². The minimum Gasteiger partial charge on any atom is -0.480 e. The van der Waals surface area contributed by atoms with Crippen LogP contribution in [0.15, 0.2) is 24.3 Å². The van der Waals surface area contributed by atoms with Crippen molar-refractivity contribution >= 4 is 23.5 Å². The van der Waals surface area contributed by atoms with E-state index >= 15 is 0 Å². The Bertz CT molecular complexity index is 681. The van der Waals surface area contributed by atoms with Gasteiger partial charge in [0.15, 0.2) is 5.41 Å². The maximum absolute atomic E-state index is 12.7. The number of ether oxygens (including phenoxy) is 1. The molecular formula is C17H20N2O5. The van der Waals surface area contributed by atoms with E-state index in [2.05, 4.69) is 5.32 Å². The molecule has 2 aliphatic heterocycles. The van der Waals surface area contributed by atoms with Crippen LogP contribution in [-0.4, -0.2) is 49.2 Å². The second-order valence-corrected chi connectivity index (χ2v) is 6.26. The smallest absolute Gasteiger partial charge is 0.319 e. The molecule has 1 fully saturated rings. The summed E-state index contributed by atoms with van der Waals surface area (Å²) in [5.41, 5.74) is 0.238. The van der Waals surface area contributed by atoms with Crippen molar-refractivity contribution in [2.24, 2.45) is 5.41 Å². The van der Waals surface area contributed by atoms with Crippen molar-refractivity contribution in [3.63, 3.8) is 0 Å². The predicted molar refractivity (Wildman–Crippen MR) is 85.6 cm³/mol. The number of benzene rings is 1. The number of carboxylic acids is 1. The average Bonchev–Trinajstić information content (AvgIpc) is 2.59. The van der Waals surface area contributed by atoms with Crippen LogP contribution in [0.4, 0.5) is 5.69 Å². The summed E-state index contributed by atoms with van der Waals surface area (Å²) in [4.78, 5) is 38.4. The van der Waals surface area contributed by atoms with Crippen LogP contribution in [0, 0.1) is 5.41 Å². The van der Waals surface area contributed by atoms with Crippen molar-refractivity contribution in [3.05, 3.63) is 29.8 Å². The van der Waals surface area contributed by atoms with Crippen molar-refractivity contribution in [1.82, 2.24) is 5.32 Å². The van der Waals surface area contributed by atoms with Gasteiger partial charge in [0.2, 0.25) is 11.8 Å². The number of carboxylic acid groups (broad SMARTS) is 1. The van der Waals surface area contributed by atoms with E-state index in [0.717, 1.165) is 11.3 Å². The molecule has 1 aromatic rings. The van der Waals surface area contributed by atoms with Crippen LogP contribution >= 0.6 is 0 Å². The Hall–Kier alpha value is -2.41. The lowest BCUT2D eigenvalue weighted by Gasteiger charge is -2.36. The van der Waals surface area contributed by atoms with Gasteiger partial charge in [-0.05, 0) is 24.5 Å². The maximum Gasteiger partial charge on any atom is 0.319 e. The molecule has 24 heavy (non-hydrogen) atoms. The van der Waals surface area contributed by atoms with Crippen LogP contribution in [0.2, 0.25) is 0 Å². The molecule has 2 aliphatic rings. The summed E-state index contributed by atoms with van der Waals surface area (Å²) < 4.78 is 5.18. The third kappa shape index (κ3) is 2.65. The zero-order chi connectivity index (χ0) is 17.3. The van der Waals surface area contributed by atoms with Gasteiger partial charge in [0.25, 0.3) is 0 Å². The molecular weight excluding hydrogens is 312 g/mol. The number of nitrogens with zero attached hydrogens (tertiary/aromatic N) is 1. The summed E-state index contributed by atoms with van der Waals surface area (Å²) in [6.07, 6.45) is 0.584. The first-order valence-corrected chi connectivity index (χ1v) is 7.93. The lowest BCUT2D eigenvalue weighted by molar-refractivity contribution is -0.163. The number of aliphatic carboxylic acids is 1. The number of rotatable bonds is 3. The van der Waals surface area contributed by atoms with E-state index in [9.17, 15) is 19.5 Å². The first kappa shape index (κ1) is 16.4. The fourth-order valence-electron chi connectivity index (χ4n) is 3.34. The summed E-state index contributed by atoms with van der Waals surface area (Å²) >= 11 is 0. The van der Waals surface area contributed by atoms with E-state index in [1.165, 1.54) is 4.90 Å². The molecule has 0 saturated carbocycles. The summed E-state index contributed by atoms with van der Waals surface area (Å²) in [5.74, 6) is -2.01. The molecule has 0 bridgehead atoms. The van der Waals surface area contributed by atoms with Gasteiger partial charge in [-0.2, -0.15) is 0 Å². The van der Waals surface area contributed by atoms with Crippen molar-refractivity contribution < 1.29 is 24.2 Å². The number of carbonyl (C=O) groups is 3. The van der Waals surface area contributed by atoms with Crippen molar-refractivity contribution in [3.8, 4) is 0 Å². The molecule has 0 radical (unpaired) electrons. The number of hydrogen-bond acceptors (Lipinski definition) is 4. The van der Waals surface area contributed by atoms with E-state index in [1.807, 2.05) is 24.3 Å². The van der Waals surface area contributed by atoms with Crippen LogP contribution < -0.4 is 10.2 Å². The van der Waals surface area contributed by atoms with E-state index in [4.69, 9.17) is 4.74 Å². The fourth-order valence-corrected chi connectivity index (χ4v) is 3.34. The highest BCUT2D eigenvalue weighted by atomic mass is 16.5. The lowest BCUT2D eigenvalue weighted by atomic mass is 9.79. The van der Waals surface area contributed by atoms with E-state index in [-0.39, 0.29) is 32.0 Å². The molecule has 128 valence electrons. The number of para-hydroxylation sites is 1. The Labute approximate surface area is 139 Å². The minimum atomic E-state index is -1.52. The van der Waals surface area contributed by atoms with E-state index < -0.39 is 23.3 Å². The number of likely N-dealkylation sites (N-methyl/N-ethyl adjacent to an activating group) is 1. The van der Waals surface area contributed by atoms with Crippen molar-refractivity contribution in [1.29, 1.82) is 0 Å². The Morgan fingerprint density at radius 2 is 1.96 bits per heavy atom. The Kier molecular flexibility index (Phi) is 4.28. The molecule has 0 aliphatic carbocycles. The van der Waals surface area contributed by atoms with Gasteiger partial charge in [-0.1, -0.05) is 18.2 Å². The number of anilines is 1. The van der Waals surface area contributed by atoms with Crippen LogP contribution in [0.1, 0.15) is 18.4 Å². The Balaban J connectivity index is 1.81. The summed E-state index contributed by atoms with van der Waals surface area (Å²) in [7, 11) is 1.65. The van der Waals surface area contributed by atoms with Gasteiger partial charge in [-0.25, -0.2) is 0 Å². The molecule has 2 heterocycles. The number of amides is 2. The van der Waals surface area contributed by atoms with Crippen LogP contribution in [-0.2, 0) is 25.5 Å². The molecule has 1 atom stereocenters. The van der Waals surface area contributed by atoms with Crippen LogP contribution in [0.25, 0.3) is 0 Å². The third-order valence-corrected chi connectivity index (χ3v) is 4.90. The zero-order valence-electron chi connectivity index (χ0n) is 13.4. The van der Waals surface area contributed by atoms with Gasteiger partial charge in [0.05, 0.1) is 0 Å². The summed E-state index contributed by atoms with van der Waals surface area (Å²) in [5, 5.41) is 12.2. The topological polar surface area (TPSA) is 95.9 Å². The van der Waals surface area contributed by atoms with Crippen molar-refractivity contribution in [2.75, 3.05) is 25.2 Å². The number of nitrogens with one attached hydrogen (secondary N) is 1. The Morgan fingerprint density at radius 1 is 1.29 bits per heavy atom. The fraction of sp³-hybridized carbons (Fsp3) is 0.471. The average molecular weight is 332 g/mol. The maximum atomic E-state index is 12.7. The highest BCUT2D eigenvalue weighted by Crippen LogP contribution is 2.32. The quantitative estimate of drug-likeness (QED) is 0.789. The van der Waals surface area contributed by atoms with Gasteiger partial charge in [-0.3, -0.25) is 14.4 Å². The predicted octanol–water partition coefficient (Wildman–Crippen LogP) is 0.572. The standard InChI is InChI=1S/C17H20N2O5/c1-19-13-5-3-2-4-11(13)10-12(14(19)20)18-15(21)17(16(22)23)6-8-24-9-7-17/h2-5,12H,6-10H2,1H3,(H,18,21)(H,22,23). The molecule has 3 rings (SSSR count). The van der Waals surface area contributed by atoms with Gasteiger partial charge in [-0.15, -0.1) is 0 Å². The van der Waals surface area contributed by atoms with Gasteiger partial charge in [0, 0.05) is 32.4 Å². The van der Waals surface area contributed by atoms with Crippen LogP contribution in [0.3, 0.4) is 0 Å². The number of fused-ring (bicyclic) bond motifs is 1. The molecule has 1 unspecified atom stereocenters. The molecule has 1 saturated heterocycles. The molecule has 2 amide bonds. The normalized spacial score (nSPS) is 22.6. The molecule has 0 spiro atoms. The summed E-state index contributed by atoms with van der Waals surface area (Å²) in [6, 6.07) is 6.72. The second kappa shape index (κ2) is 6.24. The van der Waals surface area contributed by atoms with E-state index in [1.54, 1.807) is 7.05 Å². The minimum absolute atomic E-state index is 0.113. The molecule has 1 aromatic carbocycles. The Morgan fingerprint density at radius 3 is 2.62 bits per heavy atom. The molecule has 2 N–H and O–H groups in total. The lowest BCUT2D eigenvalue weighted by Crippen LogP contribution is -2.57. The van der Waals surface area contributed by atoms with Gasteiger partial charge in [0.1, 0.15) is 6.04 Å². The van der Waals surface area contributed by atoms with E-state index in [0.29, 0.717) is 6.42 Å². The highest BCUT2D eigenvalue weighted by Gasteiger charge is 2.48. The SMILES string of the molecule is CN1C(=O)C(NC(=O)C2(C(=O)O)CCOCC2)Cc2ccccc21. The highest BCUT2D eigenvalue weighted by molar-refractivity contribution is 6.06. The summed E-state index contributed by atoms with van der Waals surface area (Å²) in [6.45, 7) is 0.447. The largest absolute Gasteiger partial charge is 0.480 e. The first-order chi connectivity index (χ1) is 11.5. The molecule has 7 nitrogen and oxygen atoms in total. The first-order valence-electron chi connectivity index (χ1n) is 7.93. The van der Waals surface area contributed by atoms with Gasteiger partial charge < -0.3 is 20.1 Å². The third-order valence-electron chi connectivity index (χ3n) is 4.90. The van der Waals surface area contributed by atoms with Crippen LogP contribution in [0.5, 0.6) is 0 Å². The number of hydrogen-bond donors (Lipinski definition) is 2. The molecule has 7 heteroatoms. The molecule has 0 aromatic heterocycles.